The quantitative estimate of drug-likeness (QED) is 0.383. The second kappa shape index (κ2) is 9.71. The summed E-state index contributed by atoms with van der Waals surface area (Å²) in [5, 5.41) is 7.02. The maximum atomic E-state index is 13.3. The Morgan fingerprint density at radius 2 is 1.97 bits per heavy atom. The molecule has 0 fully saturated rings. The van der Waals surface area contributed by atoms with Crippen molar-refractivity contribution in [3.8, 4) is 11.6 Å². The maximum absolute atomic E-state index is 13.3. The number of carbonyl (C=O) groups is 2. The average Bonchev–Trinajstić information content (AvgIpc) is 3.50. The number of carbonyl (C=O) groups excluding carboxylic acids is 2. The number of anilines is 1. The van der Waals surface area contributed by atoms with Crippen molar-refractivity contribution in [3.63, 3.8) is 0 Å². The molecule has 4 heterocycles. The topological polar surface area (TPSA) is 107 Å². The summed E-state index contributed by atoms with van der Waals surface area (Å²) in [7, 11) is 0. The highest BCUT2D eigenvalue weighted by atomic mass is 19.4. The molecule has 5 rings (SSSR count). The van der Waals surface area contributed by atoms with Crippen molar-refractivity contribution in [1.82, 2.24) is 29.2 Å². The SMILES string of the molecule is CCn1nc(NC(=O)n2ccc3c(C)c(Oc4ncnc5c4CC(C)N(C(C)=O)C5)ccc32)cc1C(F)(F)F. The summed E-state index contributed by atoms with van der Waals surface area (Å²) in [6, 6.07) is 5.25. The lowest BCUT2D eigenvalue weighted by Crippen LogP contribution is -2.41. The van der Waals surface area contributed by atoms with Crippen LogP contribution in [0.1, 0.15) is 43.3 Å². The summed E-state index contributed by atoms with van der Waals surface area (Å²) < 4.78 is 48.1. The van der Waals surface area contributed by atoms with Crippen molar-refractivity contribution in [2.45, 2.75) is 59.4 Å². The zero-order valence-corrected chi connectivity index (χ0v) is 21.7. The van der Waals surface area contributed by atoms with Gasteiger partial charge >= 0.3 is 12.2 Å². The first kappa shape index (κ1) is 26.2. The predicted octanol–water partition coefficient (Wildman–Crippen LogP) is 5.14. The molecule has 1 aliphatic heterocycles. The normalized spacial score (nSPS) is 15.4. The van der Waals surface area contributed by atoms with E-state index in [0.717, 1.165) is 33.0 Å². The monoisotopic (exact) mass is 541 g/mol. The Morgan fingerprint density at radius 3 is 2.64 bits per heavy atom. The van der Waals surface area contributed by atoms with Crippen molar-refractivity contribution in [2.24, 2.45) is 0 Å². The van der Waals surface area contributed by atoms with Crippen molar-refractivity contribution in [3.05, 3.63) is 59.3 Å². The molecule has 0 saturated heterocycles. The molecule has 0 saturated carbocycles. The van der Waals surface area contributed by atoms with Gasteiger partial charge in [-0.15, -0.1) is 0 Å². The molecule has 1 aromatic carbocycles. The molecule has 1 aliphatic rings. The van der Waals surface area contributed by atoms with E-state index < -0.39 is 17.9 Å². The summed E-state index contributed by atoms with van der Waals surface area (Å²) in [6.07, 6.45) is -1.11. The van der Waals surface area contributed by atoms with E-state index in [4.69, 9.17) is 4.74 Å². The van der Waals surface area contributed by atoms with E-state index in [1.807, 2.05) is 13.8 Å². The Bertz CT molecular complexity index is 1590. The first-order valence-corrected chi connectivity index (χ1v) is 12.3. The highest BCUT2D eigenvalue weighted by molar-refractivity contribution is 5.99. The van der Waals surface area contributed by atoms with Crippen molar-refractivity contribution in [1.29, 1.82) is 0 Å². The summed E-state index contributed by atoms with van der Waals surface area (Å²) in [5.74, 6) is 0.712. The van der Waals surface area contributed by atoms with E-state index in [9.17, 15) is 22.8 Å². The van der Waals surface area contributed by atoms with E-state index in [1.54, 1.807) is 23.1 Å². The van der Waals surface area contributed by atoms with Gasteiger partial charge in [-0.25, -0.2) is 14.8 Å². The lowest BCUT2D eigenvalue weighted by atomic mass is 9.99. The highest BCUT2D eigenvalue weighted by Gasteiger charge is 2.36. The molecule has 0 radical (unpaired) electrons. The van der Waals surface area contributed by atoms with Crippen LogP contribution in [0.5, 0.6) is 11.6 Å². The fourth-order valence-corrected chi connectivity index (χ4v) is 4.86. The lowest BCUT2D eigenvalue weighted by molar-refractivity contribution is -0.144. The number of fused-ring (bicyclic) bond motifs is 2. The third-order valence-electron chi connectivity index (χ3n) is 6.87. The Morgan fingerprint density at radius 1 is 1.21 bits per heavy atom. The number of hydrogen-bond acceptors (Lipinski definition) is 6. The van der Waals surface area contributed by atoms with Crippen molar-refractivity contribution in [2.75, 3.05) is 5.32 Å². The second-order valence-corrected chi connectivity index (χ2v) is 9.37. The van der Waals surface area contributed by atoms with Crippen LogP contribution in [0.2, 0.25) is 0 Å². The van der Waals surface area contributed by atoms with E-state index >= 15 is 0 Å². The molecule has 13 heteroatoms. The van der Waals surface area contributed by atoms with Gasteiger partial charge in [0, 0.05) is 48.3 Å². The molecule has 39 heavy (non-hydrogen) atoms. The molecule has 0 aliphatic carbocycles. The molecule has 0 bridgehead atoms. The average molecular weight is 542 g/mol. The predicted molar refractivity (Wildman–Crippen MR) is 135 cm³/mol. The Hall–Kier alpha value is -4.42. The lowest BCUT2D eigenvalue weighted by Gasteiger charge is -2.33. The van der Waals surface area contributed by atoms with Gasteiger partial charge in [0.05, 0.1) is 17.8 Å². The number of aryl methyl sites for hydroxylation is 2. The number of halogens is 3. The van der Waals surface area contributed by atoms with Crippen LogP contribution in [0.25, 0.3) is 10.9 Å². The van der Waals surface area contributed by atoms with Crippen LogP contribution in [-0.4, -0.2) is 47.2 Å². The standard InChI is InChI=1S/C26H26F3N7O3/c1-5-36-22(26(27,28)29)11-23(33-36)32-25(38)34-9-8-17-15(3)21(7-6-20(17)34)39-24-18-10-14(2)35(16(4)37)12-19(18)30-13-31-24/h6-9,11,13-14H,5,10,12H2,1-4H3,(H,32,33,38). The van der Waals surface area contributed by atoms with Gasteiger partial charge in [0.15, 0.2) is 5.82 Å². The number of alkyl halides is 3. The van der Waals surface area contributed by atoms with Gasteiger partial charge in [-0.3, -0.25) is 19.4 Å². The molecule has 1 unspecified atom stereocenters. The minimum Gasteiger partial charge on any atom is -0.438 e. The number of amides is 2. The molecular formula is C26H26F3N7O3. The first-order chi connectivity index (χ1) is 18.5. The Balaban J connectivity index is 1.40. The van der Waals surface area contributed by atoms with E-state index in [0.29, 0.717) is 30.1 Å². The Kier molecular flexibility index (Phi) is 6.52. The minimum atomic E-state index is -4.59. The van der Waals surface area contributed by atoms with Crippen LogP contribution in [0, 0.1) is 6.92 Å². The van der Waals surface area contributed by atoms with Gasteiger partial charge in [-0.05, 0) is 45.4 Å². The van der Waals surface area contributed by atoms with E-state index in [1.165, 1.54) is 30.9 Å². The zero-order chi connectivity index (χ0) is 28.1. The van der Waals surface area contributed by atoms with Crippen molar-refractivity contribution < 1.29 is 27.5 Å². The van der Waals surface area contributed by atoms with Crippen LogP contribution in [0.4, 0.5) is 23.8 Å². The van der Waals surface area contributed by atoms with Crippen LogP contribution >= 0.6 is 0 Å². The van der Waals surface area contributed by atoms with Gasteiger partial charge in [0.1, 0.15) is 17.8 Å². The van der Waals surface area contributed by atoms with Crippen LogP contribution in [0.15, 0.2) is 36.8 Å². The highest BCUT2D eigenvalue weighted by Crippen LogP contribution is 2.35. The smallest absolute Gasteiger partial charge is 0.433 e. The van der Waals surface area contributed by atoms with Gasteiger partial charge < -0.3 is 9.64 Å². The molecule has 0 spiro atoms. The van der Waals surface area contributed by atoms with Crippen LogP contribution in [-0.2, 0) is 30.5 Å². The van der Waals surface area contributed by atoms with Crippen molar-refractivity contribution >= 4 is 28.7 Å². The largest absolute Gasteiger partial charge is 0.438 e. The van der Waals surface area contributed by atoms with Gasteiger partial charge in [-0.1, -0.05) is 0 Å². The Labute approximate surface area is 221 Å². The molecular weight excluding hydrogens is 515 g/mol. The number of benzene rings is 1. The molecule has 4 aromatic rings. The molecule has 204 valence electrons. The summed E-state index contributed by atoms with van der Waals surface area (Å²) in [4.78, 5) is 35.3. The van der Waals surface area contributed by atoms with Gasteiger partial charge in [0.25, 0.3) is 0 Å². The molecule has 2 amide bonds. The number of nitrogens with one attached hydrogen (secondary N) is 1. The third kappa shape index (κ3) is 4.79. The maximum Gasteiger partial charge on any atom is 0.433 e. The fraction of sp³-hybridized carbons (Fsp3) is 0.346. The fourth-order valence-electron chi connectivity index (χ4n) is 4.86. The molecule has 10 nitrogen and oxygen atoms in total. The summed E-state index contributed by atoms with van der Waals surface area (Å²) >= 11 is 0. The first-order valence-electron chi connectivity index (χ1n) is 12.3. The molecule has 1 N–H and O–H groups in total. The second-order valence-electron chi connectivity index (χ2n) is 9.37. The summed E-state index contributed by atoms with van der Waals surface area (Å²) in [5.41, 5.74) is 1.91. The number of rotatable bonds is 4. The summed E-state index contributed by atoms with van der Waals surface area (Å²) in [6.45, 7) is 7.25. The number of nitrogens with zero attached hydrogens (tertiary/aromatic N) is 6. The molecule has 1 atom stereocenters. The molecule has 3 aromatic heterocycles. The number of ether oxygens (including phenoxy) is 1. The number of hydrogen-bond donors (Lipinski definition) is 1. The third-order valence-corrected chi connectivity index (χ3v) is 6.87. The van der Waals surface area contributed by atoms with E-state index in [2.05, 4.69) is 20.4 Å². The van der Waals surface area contributed by atoms with E-state index in [-0.39, 0.29) is 24.3 Å². The van der Waals surface area contributed by atoms with Crippen LogP contribution in [0.3, 0.4) is 0 Å². The van der Waals surface area contributed by atoms with Crippen LogP contribution < -0.4 is 10.1 Å². The minimum absolute atomic E-state index is 0.00255. The van der Waals surface area contributed by atoms with Gasteiger partial charge in [0.2, 0.25) is 11.8 Å². The number of aromatic nitrogens is 5. The van der Waals surface area contributed by atoms with Gasteiger partial charge in [-0.2, -0.15) is 18.3 Å². The zero-order valence-electron chi connectivity index (χ0n) is 21.7.